The first-order chi connectivity index (χ1) is 8.25. The Bertz CT molecular complexity index is 448. The zero-order chi connectivity index (χ0) is 12.1. The van der Waals surface area contributed by atoms with Crippen LogP contribution in [0.3, 0.4) is 0 Å². The van der Waals surface area contributed by atoms with Crippen molar-refractivity contribution in [3.8, 4) is 0 Å². The molecule has 2 rings (SSSR count). The quantitative estimate of drug-likeness (QED) is 0.865. The van der Waals surface area contributed by atoms with E-state index in [1.165, 1.54) is 11.1 Å². The highest BCUT2D eigenvalue weighted by atomic mass is 14.9. The Hall–Kier alpha value is -1.67. The van der Waals surface area contributed by atoms with E-state index in [-0.39, 0.29) is 6.04 Å². The molecule has 1 N–H and O–H groups in total. The number of rotatable bonds is 4. The molecule has 2 heteroatoms. The molecule has 0 aliphatic heterocycles. The Labute approximate surface area is 103 Å². The van der Waals surface area contributed by atoms with Gasteiger partial charge in [-0.25, -0.2) is 0 Å². The summed E-state index contributed by atoms with van der Waals surface area (Å²) in [5.41, 5.74) is 3.68. The average Bonchev–Trinajstić information content (AvgIpc) is 2.39. The van der Waals surface area contributed by atoms with Crippen molar-refractivity contribution in [3.63, 3.8) is 0 Å². The minimum atomic E-state index is 0.275. The van der Waals surface area contributed by atoms with Gasteiger partial charge >= 0.3 is 0 Å². The minimum Gasteiger partial charge on any atom is -0.305 e. The van der Waals surface area contributed by atoms with E-state index in [4.69, 9.17) is 0 Å². The highest BCUT2D eigenvalue weighted by molar-refractivity contribution is 5.21. The zero-order valence-electron chi connectivity index (χ0n) is 10.4. The fourth-order valence-corrected chi connectivity index (χ4v) is 1.71. The summed E-state index contributed by atoms with van der Waals surface area (Å²) < 4.78 is 0. The topological polar surface area (TPSA) is 24.9 Å². The summed E-state index contributed by atoms with van der Waals surface area (Å²) in [6.45, 7) is 5.11. The molecule has 17 heavy (non-hydrogen) atoms. The second-order valence-electron chi connectivity index (χ2n) is 4.34. The van der Waals surface area contributed by atoms with E-state index in [2.05, 4.69) is 48.4 Å². The van der Waals surface area contributed by atoms with E-state index in [9.17, 15) is 0 Å². The summed E-state index contributed by atoms with van der Waals surface area (Å²) in [5.74, 6) is 0. The third-order valence-electron chi connectivity index (χ3n) is 2.86. The molecule has 1 unspecified atom stereocenters. The van der Waals surface area contributed by atoms with Crippen molar-refractivity contribution >= 4 is 0 Å². The third kappa shape index (κ3) is 3.40. The van der Waals surface area contributed by atoms with Crippen LogP contribution in [-0.4, -0.2) is 4.98 Å². The van der Waals surface area contributed by atoms with Crippen molar-refractivity contribution in [1.29, 1.82) is 0 Å². The second kappa shape index (κ2) is 5.60. The molecule has 88 valence electrons. The highest BCUT2D eigenvalue weighted by Gasteiger charge is 2.04. The number of aryl methyl sites for hydroxylation is 1. The molecule has 0 spiro atoms. The monoisotopic (exact) mass is 226 g/mol. The van der Waals surface area contributed by atoms with Gasteiger partial charge < -0.3 is 5.32 Å². The number of nitrogens with one attached hydrogen (secondary N) is 1. The Morgan fingerprint density at radius 2 is 1.88 bits per heavy atom. The van der Waals surface area contributed by atoms with Crippen LogP contribution in [0.2, 0.25) is 0 Å². The van der Waals surface area contributed by atoms with Gasteiger partial charge in [0.25, 0.3) is 0 Å². The summed E-state index contributed by atoms with van der Waals surface area (Å²) in [5, 5.41) is 3.47. The molecule has 0 amide bonds. The fourth-order valence-electron chi connectivity index (χ4n) is 1.71. The molecule has 0 aliphatic rings. The number of hydrogen-bond donors (Lipinski definition) is 1. The van der Waals surface area contributed by atoms with Gasteiger partial charge in [0.2, 0.25) is 0 Å². The van der Waals surface area contributed by atoms with E-state index >= 15 is 0 Å². The predicted octanol–water partition coefficient (Wildman–Crippen LogP) is 3.24. The normalized spacial score (nSPS) is 12.4. The van der Waals surface area contributed by atoms with Gasteiger partial charge in [0.1, 0.15) is 0 Å². The molecular weight excluding hydrogens is 208 g/mol. The second-order valence-corrected chi connectivity index (χ2v) is 4.34. The zero-order valence-corrected chi connectivity index (χ0v) is 10.4. The van der Waals surface area contributed by atoms with Gasteiger partial charge in [-0.15, -0.1) is 0 Å². The van der Waals surface area contributed by atoms with Crippen LogP contribution in [0.4, 0.5) is 0 Å². The lowest BCUT2D eigenvalue weighted by atomic mass is 10.1. The lowest BCUT2D eigenvalue weighted by Gasteiger charge is -2.13. The van der Waals surface area contributed by atoms with Crippen LogP contribution in [0, 0.1) is 6.92 Å². The van der Waals surface area contributed by atoms with Crippen LogP contribution in [-0.2, 0) is 6.54 Å². The predicted molar refractivity (Wildman–Crippen MR) is 70.7 cm³/mol. The SMILES string of the molecule is Cc1ccc(CNC(C)c2ccccn2)cc1. The highest BCUT2D eigenvalue weighted by Crippen LogP contribution is 2.10. The lowest BCUT2D eigenvalue weighted by molar-refractivity contribution is 0.561. The maximum Gasteiger partial charge on any atom is 0.0570 e. The molecule has 0 saturated carbocycles. The molecule has 1 aromatic carbocycles. The lowest BCUT2D eigenvalue weighted by Crippen LogP contribution is -2.18. The van der Waals surface area contributed by atoms with Gasteiger partial charge in [0.05, 0.1) is 5.69 Å². The van der Waals surface area contributed by atoms with Crippen LogP contribution < -0.4 is 5.32 Å². The van der Waals surface area contributed by atoms with E-state index in [0.29, 0.717) is 0 Å². The smallest absolute Gasteiger partial charge is 0.0570 e. The summed E-state index contributed by atoms with van der Waals surface area (Å²) in [7, 11) is 0. The maximum absolute atomic E-state index is 4.34. The largest absolute Gasteiger partial charge is 0.305 e. The van der Waals surface area contributed by atoms with Gasteiger partial charge in [-0.3, -0.25) is 4.98 Å². The van der Waals surface area contributed by atoms with Crippen LogP contribution in [0.5, 0.6) is 0 Å². The third-order valence-corrected chi connectivity index (χ3v) is 2.86. The minimum absolute atomic E-state index is 0.275. The van der Waals surface area contributed by atoms with Gasteiger partial charge in [-0.2, -0.15) is 0 Å². The Morgan fingerprint density at radius 1 is 1.12 bits per heavy atom. The van der Waals surface area contributed by atoms with Crippen molar-refractivity contribution < 1.29 is 0 Å². The van der Waals surface area contributed by atoms with E-state index in [0.717, 1.165) is 12.2 Å². The van der Waals surface area contributed by atoms with Gasteiger partial charge in [-0.05, 0) is 31.5 Å². The van der Waals surface area contributed by atoms with Crippen molar-refractivity contribution in [2.45, 2.75) is 26.4 Å². The standard InChI is InChI=1S/C15H18N2/c1-12-6-8-14(9-7-12)11-17-13(2)15-5-3-4-10-16-15/h3-10,13,17H,11H2,1-2H3. The summed E-state index contributed by atoms with van der Waals surface area (Å²) in [6, 6.07) is 14.9. The number of nitrogens with zero attached hydrogens (tertiary/aromatic N) is 1. The van der Waals surface area contributed by atoms with Crippen molar-refractivity contribution in [3.05, 3.63) is 65.5 Å². The molecule has 1 atom stereocenters. The molecule has 0 fully saturated rings. The molecule has 2 aromatic rings. The Morgan fingerprint density at radius 3 is 2.53 bits per heavy atom. The summed E-state index contributed by atoms with van der Waals surface area (Å²) >= 11 is 0. The van der Waals surface area contributed by atoms with Crippen molar-refractivity contribution in [2.24, 2.45) is 0 Å². The molecular formula is C15H18N2. The maximum atomic E-state index is 4.34. The molecule has 2 nitrogen and oxygen atoms in total. The van der Waals surface area contributed by atoms with Crippen LogP contribution in [0.15, 0.2) is 48.7 Å². The number of aromatic nitrogens is 1. The molecule has 1 heterocycles. The van der Waals surface area contributed by atoms with Gasteiger partial charge in [-0.1, -0.05) is 35.9 Å². The van der Waals surface area contributed by atoms with Crippen LogP contribution in [0.1, 0.15) is 29.8 Å². The van der Waals surface area contributed by atoms with Gasteiger partial charge in [0.15, 0.2) is 0 Å². The number of hydrogen-bond acceptors (Lipinski definition) is 2. The Kier molecular flexibility index (Phi) is 3.89. The molecule has 0 radical (unpaired) electrons. The average molecular weight is 226 g/mol. The van der Waals surface area contributed by atoms with E-state index in [1.54, 1.807) is 0 Å². The van der Waals surface area contributed by atoms with E-state index < -0.39 is 0 Å². The summed E-state index contributed by atoms with van der Waals surface area (Å²) in [6.07, 6.45) is 1.83. The summed E-state index contributed by atoms with van der Waals surface area (Å²) in [4.78, 5) is 4.34. The van der Waals surface area contributed by atoms with Crippen LogP contribution >= 0.6 is 0 Å². The first kappa shape index (κ1) is 11.8. The molecule has 0 bridgehead atoms. The molecule has 0 aliphatic carbocycles. The molecule has 1 aromatic heterocycles. The number of benzene rings is 1. The van der Waals surface area contributed by atoms with Crippen molar-refractivity contribution in [2.75, 3.05) is 0 Å². The van der Waals surface area contributed by atoms with Crippen LogP contribution in [0.25, 0.3) is 0 Å². The number of pyridine rings is 1. The molecule has 0 saturated heterocycles. The van der Waals surface area contributed by atoms with Gasteiger partial charge in [0, 0.05) is 18.8 Å². The first-order valence-electron chi connectivity index (χ1n) is 5.95. The van der Waals surface area contributed by atoms with E-state index in [1.807, 2.05) is 24.4 Å². The Balaban J connectivity index is 1.92. The fraction of sp³-hybridized carbons (Fsp3) is 0.267. The van der Waals surface area contributed by atoms with Crippen molar-refractivity contribution in [1.82, 2.24) is 10.3 Å². The first-order valence-corrected chi connectivity index (χ1v) is 5.95.